The molecule has 0 bridgehead atoms. The van der Waals surface area contributed by atoms with Crippen molar-refractivity contribution < 1.29 is 8.81 Å². The molecule has 1 fully saturated rings. The lowest BCUT2D eigenvalue weighted by molar-refractivity contribution is 0.165. The average molecular weight is 309 g/mol. The van der Waals surface area contributed by atoms with Gasteiger partial charge in [-0.3, -0.25) is 4.90 Å². The number of hydrogen-bond acceptors (Lipinski definition) is 3. The van der Waals surface area contributed by atoms with E-state index in [1.165, 1.54) is 6.07 Å². The summed E-state index contributed by atoms with van der Waals surface area (Å²) < 4.78 is 19.6. The molecule has 5 heteroatoms. The molecule has 21 heavy (non-hydrogen) atoms. The standard InChI is InChI=1S/C16H18ClFN2O/c17-11-3-6-14(15(18)8-11)16(9-19)20(12-4-5-12)10-13-2-1-7-21-13/h1-3,6-8,12,16H,4-5,9-10,19H2. The van der Waals surface area contributed by atoms with Crippen LogP contribution in [-0.4, -0.2) is 17.5 Å². The van der Waals surface area contributed by atoms with Crippen molar-refractivity contribution in [2.75, 3.05) is 6.54 Å². The third-order valence-electron chi connectivity index (χ3n) is 3.88. The number of furan rings is 1. The van der Waals surface area contributed by atoms with Crippen LogP contribution in [-0.2, 0) is 6.54 Å². The maximum atomic E-state index is 14.2. The molecule has 3 nitrogen and oxygen atoms in total. The molecule has 0 saturated heterocycles. The molecule has 1 aromatic heterocycles. The number of nitrogens with zero attached hydrogens (tertiary/aromatic N) is 1. The second-order valence-electron chi connectivity index (χ2n) is 5.40. The first-order chi connectivity index (χ1) is 10.2. The van der Waals surface area contributed by atoms with Gasteiger partial charge in [-0.2, -0.15) is 0 Å². The highest BCUT2D eigenvalue weighted by atomic mass is 35.5. The minimum absolute atomic E-state index is 0.167. The average Bonchev–Trinajstić information content (AvgIpc) is 3.18. The summed E-state index contributed by atoms with van der Waals surface area (Å²) in [5.41, 5.74) is 6.53. The minimum atomic E-state index is -0.303. The first-order valence-electron chi connectivity index (χ1n) is 7.12. The Morgan fingerprint density at radius 2 is 2.19 bits per heavy atom. The lowest BCUT2D eigenvalue weighted by atomic mass is 10.0. The Kier molecular flexibility index (Phi) is 4.29. The Balaban J connectivity index is 1.88. The maximum absolute atomic E-state index is 14.2. The van der Waals surface area contributed by atoms with E-state index in [1.807, 2.05) is 12.1 Å². The van der Waals surface area contributed by atoms with Crippen LogP contribution < -0.4 is 5.73 Å². The van der Waals surface area contributed by atoms with Gasteiger partial charge in [0.05, 0.1) is 18.8 Å². The summed E-state index contributed by atoms with van der Waals surface area (Å²) in [4.78, 5) is 2.23. The van der Waals surface area contributed by atoms with Gasteiger partial charge in [-0.1, -0.05) is 17.7 Å². The molecule has 1 heterocycles. The Labute approximate surface area is 128 Å². The molecule has 0 amide bonds. The fraction of sp³-hybridized carbons (Fsp3) is 0.375. The fourth-order valence-electron chi connectivity index (χ4n) is 2.70. The second-order valence-corrected chi connectivity index (χ2v) is 5.84. The Bertz CT molecular complexity index is 598. The van der Waals surface area contributed by atoms with E-state index in [-0.39, 0.29) is 11.9 Å². The zero-order valence-electron chi connectivity index (χ0n) is 11.6. The Hall–Kier alpha value is -1.36. The number of rotatable bonds is 6. The molecule has 1 saturated carbocycles. The first-order valence-corrected chi connectivity index (χ1v) is 7.50. The number of halogens is 2. The van der Waals surface area contributed by atoms with Gasteiger partial charge in [-0.05, 0) is 37.1 Å². The molecule has 1 aromatic carbocycles. The molecule has 2 aromatic rings. The predicted octanol–water partition coefficient (Wildman–Crippen LogP) is 3.74. The quantitative estimate of drug-likeness (QED) is 0.884. The van der Waals surface area contributed by atoms with Crippen LogP contribution in [0.3, 0.4) is 0 Å². The third-order valence-corrected chi connectivity index (χ3v) is 4.11. The molecule has 3 rings (SSSR count). The number of benzene rings is 1. The molecule has 0 spiro atoms. The minimum Gasteiger partial charge on any atom is -0.468 e. The highest BCUT2D eigenvalue weighted by Gasteiger charge is 2.35. The van der Waals surface area contributed by atoms with Crippen molar-refractivity contribution in [1.29, 1.82) is 0 Å². The molecule has 0 aliphatic heterocycles. The van der Waals surface area contributed by atoms with Gasteiger partial charge in [0.25, 0.3) is 0 Å². The zero-order chi connectivity index (χ0) is 14.8. The summed E-state index contributed by atoms with van der Waals surface area (Å²) in [7, 11) is 0. The van der Waals surface area contributed by atoms with Gasteiger partial charge in [0.2, 0.25) is 0 Å². The van der Waals surface area contributed by atoms with Crippen molar-refractivity contribution >= 4 is 11.6 Å². The van der Waals surface area contributed by atoms with Gasteiger partial charge in [0.1, 0.15) is 11.6 Å². The lowest BCUT2D eigenvalue weighted by Crippen LogP contribution is -2.35. The molecule has 0 radical (unpaired) electrons. The molecular formula is C16H18ClFN2O. The van der Waals surface area contributed by atoms with Crippen LogP contribution in [0, 0.1) is 5.82 Å². The number of nitrogens with two attached hydrogens (primary N) is 1. The van der Waals surface area contributed by atoms with Crippen molar-refractivity contribution in [2.45, 2.75) is 31.5 Å². The summed E-state index contributed by atoms with van der Waals surface area (Å²) in [6.07, 6.45) is 3.89. The van der Waals surface area contributed by atoms with Crippen LogP contribution in [0.2, 0.25) is 5.02 Å². The van der Waals surface area contributed by atoms with E-state index in [0.29, 0.717) is 29.7 Å². The van der Waals surface area contributed by atoms with Crippen LogP contribution in [0.15, 0.2) is 41.0 Å². The SMILES string of the molecule is NCC(c1ccc(Cl)cc1F)N(Cc1ccco1)C1CC1. The Morgan fingerprint density at radius 3 is 2.76 bits per heavy atom. The van der Waals surface area contributed by atoms with Gasteiger partial charge in [0, 0.05) is 23.2 Å². The summed E-state index contributed by atoms with van der Waals surface area (Å²) in [6, 6.07) is 8.85. The van der Waals surface area contributed by atoms with Crippen molar-refractivity contribution in [2.24, 2.45) is 5.73 Å². The van der Waals surface area contributed by atoms with E-state index < -0.39 is 0 Å². The summed E-state index contributed by atoms with van der Waals surface area (Å²) >= 11 is 5.83. The summed E-state index contributed by atoms with van der Waals surface area (Å²) in [6.45, 7) is 0.997. The molecule has 1 atom stereocenters. The normalized spacial score (nSPS) is 16.4. The van der Waals surface area contributed by atoms with Gasteiger partial charge in [0.15, 0.2) is 0 Å². The predicted molar refractivity (Wildman–Crippen MR) is 80.5 cm³/mol. The summed E-state index contributed by atoms with van der Waals surface area (Å²) in [5, 5.41) is 0.399. The van der Waals surface area contributed by atoms with Gasteiger partial charge < -0.3 is 10.2 Å². The molecular weight excluding hydrogens is 291 g/mol. The van der Waals surface area contributed by atoms with E-state index in [2.05, 4.69) is 4.90 Å². The highest BCUT2D eigenvalue weighted by molar-refractivity contribution is 6.30. The summed E-state index contributed by atoms with van der Waals surface area (Å²) in [5.74, 6) is 0.567. The molecule has 112 valence electrons. The van der Waals surface area contributed by atoms with Crippen LogP contribution >= 0.6 is 11.6 Å². The number of hydrogen-bond donors (Lipinski definition) is 1. The fourth-order valence-corrected chi connectivity index (χ4v) is 2.85. The van der Waals surface area contributed by atoms with E-state index >= 15 is 0 Å². The van der Waals surface area contributed by atoms with E-state index in [0.717, 1.165) is 18.6 Å². The molecule has 2 N–H and O–H groups in total. The van der Waals surface area contributed by atoms with E-state index in [1.54, 1.807) is 18.4 Å². The lowest BCUT2D eigenvalue weighted by Gasteiger charge is -2.31. The zero-order valence-corrected chi connectivity index (χ0v) is 12.4. The molecule has 1 aliphatic rings. The monoisotopic (exact) mass is 308 g/mol. The van der Waals surface area contributed by atoms with Gasteiger partial charge in [-0.15, -0.1) is 0 Å². The molecule has 1 unspecified atom stereocenters. The van der Waals surface area contributed by atoms with Crippen LogP contribution in [0.4, 0.5) is 4.39 Å². The molecule has 1 aliphatic carbocycles. The van der Waals surface area contributed by atoms with Crippen LogP contribution in [0.5, 0.6) is 0 Å². The van der Waals surface area contributed by atoms with E-state index in [4.69, 9.17) is 21.8 Å². The van der Waals surface area contributed by atoms with Crippen LogP contribution in [0.1, 0.15) is 30.2 Å². The first kappa shape index (κ1) is 14.6. The largest absolute Gasteiger partial charge is 0.468 e. The van der Waals surface area contributed by atoms with Crippen molar-refractivity contribution in [1.82, 2.24) is 4.90 Å². The third kappa shape index (κ3) is 3.28. The highest BCUT2D eigenvalue weighted by Crippen LogP contribution is 2.36. The van der Waals surface area contributed by atoms with Crippen molar-refractivity contribution in [3.05, 3.63) is 58.8 Å². The maximum Gasteiger partial charge on any atom is 0.129 e. The topological polar surface area (TPSA) is 42.4 Å². The van der Waals surface area contributed by atoms with Gasteiger partial charge >= 0.3 is 0 Å². The van der Waals surface area contributed by atoms with E-state index in [9.17, 15) is 4.39 Å². The smallest absolute Gasteiger partial charge is 0.129 e. The van der Waals surface area contributed by atoms with Crippen LogP contribution in [0.25, 0.3) is 0 Å². The second kappa shape index (κ2) is 6.18. The Morgan fingerprint density at radius 1 is 1.38 bits per heavy atom. The van der Waals surface area contributed by atoms with Crippen molar-refractivity contribution in [3.8, 4) is 0 Å². The van der Waals surface area contributed by atoms with Crippen molar-refractivity contribution in [3.63, 3.8) is 0 Å². The van der Waals surface area contributed by atoms with Gasteiger partial charge in [-0.25, -0.2) is 4.39 Å².